The van der Waals surface area contributed by atoms with Gasteiger partial charge in [0, 0.05) is 11.4 Å². The third kappa shape index (κ3) is 10.0. The SMILES string of the molecule is CCCCS(=O)(=O)CC(COc1ccc(C(C)(C)C)cc1)OC(=O)CSc1nc(C)cc(C)n1. The minimum absolute atomic E-state index is 0.0150. The highest BCUT2D eigenvalue weighted by molar-refractivity contribution is 7.99. The Bertz CT molecular complexity index is 1030. The van der Waals surface area contributed by atoms with E-state index in [0.29, 0.717) is 17.3 Å². The minimum atomic E-state index is -3.39. The molecule has 34 heavy (non-hydrogen) atoms. The molecule has 0 radical (unpaired) electrons. The fourth-order valence-corrected chi connectivity index (χ4v) is 5.55. The van der Waals surface area contributed by atoms with E-state index in [0.717, 1.165) is 35.1 Å². The number of carbonyl (C=O) groups is 1. The first-order valence-corrected chi connectivity index (χ1v) is 14.3. The second-order valence-electron chi connectivity index (χ2n) is 9.39. The van der Waals surface area contributed by atoms with Crippen molar-refractivity contribution in [3.05, 3.63) is 47.3 Å². The molecule has 0 saturated carbocycles. The molecule has 0 bridgehead atoms. The number of sulfone groups is 1. The number of esters is 1. The van der Waals surface area contributed by atoms with Crippen LogP contribution < -0.4 is 4.74 Å². The largest absolute Gasteiger partial charge is 0.490 e. The number of nitrogens with zero attached hydrogens (tertiary/aromatic N) is 2. The molecule has 0 fully saturated rings. The fourth-order valence-electron chi connectivity index (χ4n) is 3.19. The molecule has 0 spiro atoms. The molecule has 2 aromatic rings. The normalized spacial score (nSPS) is 12.9. The summed E-state index contributed by atoms with van der Waals surface area (Å²) < 4.78 is 36.4. The van der Waals surface area contributed by atoms with E-state index in [4.69, 9.17) is 9.47 Å². The lowest BCUT2D eigenvalue weighted by molar-refractivity contribution is -0.146. The molecule has 0 saturated heterocycles. The third-order valence-electron chi connectivity index (χ3n) is 4.98. The van der Waals surface area contributed by atoms with Gasteiger partial charge in [0.2, 0.25) is 0 Å². The van der Waals surface area contributed by atoms with E-state index in [1.54, 1.807) is 0 Å². The number of aromatic nitrogens is 2. The zero-order valence-electron chi connectivity index (χ0n) is 21.0. The number of unbranched alkanes of at least 4 members (excludes halogenated alkanes) is 1. The molecule has 1 aromatic carbocycles. The molecule has 1 unspecified atom stereocenters. The molecule has 188 valence electrons. The summed E-state index contributed by atoms with van der Waals surface area (Å²) in [4.78, 5) is 21.1. The van der Waals surface area contributed by atoms with Crippen LogP contribution in [0.25, 0.3) is 0 Å². The summed E-state index contributed by atoms with van der Waals surface area (Å²) in [6.45, 7) is 12.0. The van der Waals surface area contributed by atoms with Crippen LogP contribution in [0, 0.1) is 13.8 Å². The average Bonchev–Trinajstić information content (AvgIpc) is 2.73. The van der Waals surface area contributed by atoms with Gasteiger partial charge in [0.05, 0.1) is 17.3 Å². The molecule has 9 heteroatoms. The molecule has 0 aliphatic rings. The third-order valence-corrected chi connectivity index (χ3v) is 7.60. The van der Waals surface area contributed by atoms with Gasteiger partial charge in [0.25, 0.3) is 0 Å². The number of ether oxygens (including phenoxy) is 2. The van der Waals surface area contributed by atoms with E-state index in [1.807, 2.05) is 51.1 Å². The Morgan fingerprint density at radius 3 is 2.26 bits per heavy atom. The van der Waals surface area contributed by atoms with Crippen LogP contribution in [0.15, 0.2) is 35.5 Å². The van der Waals surface area contributed by atoms with E-state index in [2.05, 4.69) is 30.7 Å². The lowest BCUT2D eigenvalue weighted by Gasteiger charge is -2.21. The fraction of sp³-hybridized carbons (Fsp3) is 0.560. The van der Waals surface area contributed by atoms with Gasteiger partial charge in [-0.05, 0) is 49.4 Å². The standard InChI is InChI=1S/C25H36N2O5S2/c1-7-8-13-34(29,30)17-22(15-31-21-11-9-20(10-12-21)25(4,5)6)32-23(28)16-33-24-26-18(2)14-19(3)27-24/h9-12,14,22H,7-8,13,15-17H2,1-6H3. The van der Waals surface area contributed by atoms with E-state index >= 15 is 0 Å². The summed E-state index contributed by atoms with van der Waals surface area (Å²) >= 11 is 1.16. The Hall–Kier alpha value is -2.13. The summed E-state index contributed by atoms with van der Waals surface area (Å²) in [7, 11) is -3.39. The Labute approximate surface area is 208 Å². The molecule has 0 aliphatic heterocycles. The minimum Gasteiger partial charge on any atom is -0.490 e. The molecule has 0 amide bonds. The summed E-state index contributed by atoms with van der Waals surface area (Å²) in [6.07, 6.45) is 0.433. The molecule has 0 N–H and O–H groups in total. The summed E-state index contributed by atoms with van der Waals surface area (Å²) in [6, 6.07) is 9.51. The Kier molecular flexibility index (Phi) is 10.4. The van der Waals surface area contributed by atoms with Crippen LogP contribution in [-0.4, -0.2) is 54.3 Å². The van der Waals surface area contributed by atoms with Crippen LogP contribution in [0.2, 0.25) is 0 Å². The maximum atomic E-state index is 12.5. The van der Waals surface area contributed by atoms with Crippen molar-refractivity contribution in [1.29, 1.82) is 0 Å². The van der Waals surface area contributed by atoms with E-state index < -0.39 is 21.9 Å². The molecular formula is C25H36N2O5S2. The predicted molar refractivity (Wildman–Crippen MR) is 136 cm³/mol. The Balaban J connectivity index is 2.03. The van der Waals surface area contributed by atoms with Crippen molar-refractivity contribution < 1.29 is 22.7 Å². The average molecular weight is 509 g/mol. The van der Waals surface area contributed by atoms with Gasteiger partial charge < -0.3 is 9.47 Å². The first-order chi connectivity index (χ1) is 15.9. The lowest BCUT2D eigenvalue weighted by Crippen LogP contribution is -2.34. The van der Waals surface area contributed by atoms with E-state index in [1.165, 1.54) is 0 Å². The Morgan fingerprint density at radius 2 is 1.71 bits per heavy atom. The van der Waals surface area contributed by atoms with E-state index in [-0.39, 0.29) is 29.3 Å². The van der Waals surface area contributed by atoms with Crippen LogP contribution in [0.3, 0.4) is 0 Å². The second kappa shape index (κ2) is 12.5. The molecule has 1 atom stereocenters. The lowest BCUT2D eigenvalue weighted by atomic mass is 9.87. The number of benzene rings is 1. The van der Waals surface area contributed by atoms with Crippen LogP contribution in [0.5, 0.6) is 5.75 Å². The molecule has 1 heterocycles. The number of carbonyl (C=O) groups excluding carboxylic acids is 1. The summed E-state index contributed by atoms with van der Waals surface area (Å²) in [5.41, 5.74) is 2.81. The maximum Gasteiger partial charge on any atom is 0.316 e. The number of rotatable bonds is 12. The van der Waals surface area contributed by atoms with Crippen LogP contribution in [-0.2, 0) is 24.8 Å². The molecule has 2 rings (SSSR count). The highest BCUT2D eigenvalue weighted by Gasteiger charge is 2.24. The molecule has 7 nitrogen and oxygen atoms in total. The van der Waals surface area contributed by atoms with Crippen molar-refractivity contribution in [2.24, 2.45) is 0 Å². The molecular weight excluding hydrogens is 472 g/mol. The number of thioether (sulfide) groups is 1. The van der Waals surface area contributed by atoms with Crippen molar-refractivity contribution >= 4 is 27.6 Å². The monoisotopic (exact) mass is 508 g/mol. The van der Waals surface area contributed by atoms with Gasteiger partial charge in [-0.3, -0.25) is 4.79 Å². The van der Waals surface area contributed by atoms with Gasteiger partial charge in [-0.2, -0.15) is 0 Å². The van der Waals surface area contributed by atoms with Crippen molar-refractivity contribution in [3.8, 4) is 5.75 Å². The second-order valence-corrected chi connectivity index (χ2v) is 12.6. The van der Waals surface area contributed by atoms with Crippen LogP contribution in [0.1, 0.15) is 57.5 Å². The summed E-state index contributed by atoms with van der Waals surface area (Å²) in [5.74, 6) is -0.172. The Morgan fingerprint density at radius 1 is 1.09 bits per heavy atom. The van der Waals surface area contributed by atoms with Crippen molar-refractivity contribution in [2.45, 2.75) is 71.1 Å². The smallest absolute Gasteiger partial charge is 0.316 e. The van der Waals surface area contributed by atoms with Gasteiger partial charge >= 0.3 is 5.97 Å². The number of aryl methyl sites for hydroxylation is 2. The highest BCUT2D eigenvalue weighted by atomic mass is 32.2. The molecule has 0 aliphatic carbocycles. The number of hydrogen-bond acceptors (Lipinski definition) is 8. The first-order valence-electron chi connectivity index (χ1n) is 11.5. The van der Waals surface area contributed by atoms with Gasteiger partial charge in [0.15, 0.2) is 15.0 Å². The van der Waals surface area contributed by atoms with Gasteiger partial charge in [-0.25, -0.2) is 18.4 Å². The number of hydrogen-bond donors (Lipinski definition) is 0. The van der Waals surface area contributed by atoms with E-state index in [9.17, 15) is 13.2 Å². The van der Waals surface area contributed by atoms with Crippen molar-refractivity contribution in [2.75, 3.05) is 23.9 Å². The first kappa shape index (κ1) is 28.1. The van der Waals surface area contributed by atoms with Crippen molar-refractivity contribution in [1.82, 2.24) is 9.97 Å². The van der Waals surface area contributed by atoms with Gasteiger partial charge in [0.1, 0.15) is 18.5 Å². The van der Waals surface area contributed by atoms with Gasteiger partial charge in [-0.1, -0.05) is 58.0 Å². The highest BCUT2D eigenvalue weighted by Crippen LogP contribution is 2.24. The van der Waals surface area contributed by atoms with Gasteiger partial charge in [-0.15, -0.1) is 0 Å². The van der Waals surface area contributed by atoms with Crippen LogP contribution in [0.4, 0.5) is 0 Å². The zero-order chi connectivity index (χ0) is 25.4. The van der Waals surface area contributed by atoms with Crippen LogP contribution >= 0.6 is 11.8 Å². The van der Waals surface area contributed by atoms with Crippen molar-refractivity contribution in [3.63, 3.8) is 0 Å². The predicted octanol–water partition coefficient (Wildman–Crippen LogP) is 4.69. The summed E-state index contributed by atoms with van der Waals surface area (Å²) in [5, 5.41) is 0.483. The maximum absolute atomic E-state index is 12.5. The molecule has 1 aromatic heterocycles. The quantitative estimate of drug-likeness (QED) is 0.231. The zero-order valence-corrected chi connectivity index (χ0v) is 22.6. The topological polar surface area (TPSA) is 95.5 Å².